The molecular formula is C17H12ClF5N4O4. The molecule has 3 N–H and O–H groups in total. The molecular weight excluding hydrogens is 455 g/mol. The molecule has 0 bridgehead atoms. The van der Waals surface area contributed by atoms with E-state index in [1.807, 2.05) is 0 Å². The Labute approximate surface area is 175 Å². The molecule has 0 fully saturated rings. The number of nitrogens with two attached hydrogens (primary N) is 1. The number of hydrogen-bond acceptors (Lipinski definition) is 6. The Balaban J connectivity index is 1.93. The van der Waals surface area contributed by atoms with E-state index in [1.54, 1.807) is 0 Å². The average molecular weight is 467 g/mol. The zero-order valence-electron chi connectivity index (χ0n) is 15.2. The number of aromatic nitrogens is 1. The summed E-state index contributed by atoms with van der Waals surface area (Å²) < 4.78 is 70.2. The number of alkyl halides is 3. The third-order valence-corrected chi connectivity index (χ3v) is 3.93. The number of nitro benzene ring substituents is 1. The number of amides is 1. The largest absolute Gasteiger partial charge is 0.472 e. The number of halogens is 6. The van der Waals surface area contributed by atoms with Crippen molar-refractivity contribution in [2.45, 2.75) is 6.18 Å². The highest BCUT2D eigenvalue weighted by atomic mass is 35.5. The highest BCUT2D eigenvalue weighted by Crippen LogP contribution is 2.33. The lowest BCUT2D eigenvalue weighted by atomic mass is 10.1. The number of nitrogens with one attached hydrogen (secondary N) is 1. The first-order valence-electron chi connectivity index (χ1n) is 8.14. The van der Waals surface area contributed by atoms with Crippen molar-refractivity contribution in [1.29, 1.82) is 0 Å². The lowest BCUT2D eigenvalue weighted by Gasteiger charge is -2.09. The highest BCUT2D eigenvalue weighted by Gasteiger charge is 2.31. The minimum atomic E-state index is -4.61. The quantitative estimate of drug-likeness (QED) is 0.210. The van der Waals surface area contributed by atoms with Crippen LogP contribution >= 0.6 is 11.6 Å². The number of carbonyl (C=O) groups excluding carboxylic acids is 1. The van der Waals surface area contributed by atoms with E-state index in [2.05, 4.69) is 10.3 Å². The van der Waals surface area contributed by atoms with E-state index in [9.17, 15) is 36.9 Å². The summed E-state index contributed by atoms with van der Waals surface area (Å²) >= 11 is 5.67. The summed E-state index contributed by atoms with van der Waals surface area (Å²) in [6.07, 6.45) is -1.42. The van der Waals surface area contributed by atoms with Crippen LogP contribution in [0.15, 0.2) is 30.5 Å². The molecule has 1 aromatic heterocycles. The zero-order valence-corrected chi connectivity index (χ0v) is 15.9. The SMILES string of the molecule is Nc1c([N+](=O)[O-])cc(C(=O)NCC=CCOc2ncc(C(F)(F)F)cc2Cl)c(F)c1F. The van der Waals surface area contributed by atoms with Crippen LogP contribution in [-0.4, -0.2) is 29.0 Å². The predicted molar refractivity (Wildman–Crippen MR) is 98.6 cm³/mol. The Hall–Kier alpha value is -3.48. The molecule has 0 aliphatic heterocycles. The van der Waals surface area contributed by atoms with Crippen molar-refractivity contribution in [1.82, 2.24) is 10.3 Å². The number of rotatable bonds is 7. The maximum atomic E-state index is 13.8. The number of hydrogen-bond donors (Lipinski definition) is 2. The number of nitrogen functional groups attached to an aromatic ring is 1. The van der Waals surface area contributed by atoms with Gasteiger partial charge in [-0.05, 0) is 12.1 Å². The van der Waals surface area contributed by atoms with Crippen LogP contribution in [-0.2, 0) is 6.18 Å². The fourth-order valence-corrected chi connectivity index (χ4v) is 2.38. The van der Waals surface area contributed by atoms with Gasteiger partial charge in [0.05, 0.1) is 16.1 Å². The highest BCUT2D eigenvalue weighted by molar-refractivity contribution is 6.31. The number of ether oxygens (including phenoxy) is 1. The standard InChI is InChI=1S/C17H12ClF5N4O4/c18-10-5-8(17(21,22)23)7-26-16(10)31-4-2-1-3-25-15(28)9-6-11(27(29)30)14(24)13(20)12(9)19/h1-2,5-7H,3-4,24H2,(H,25,28). The topological polar surface area (TPSA) is 120 Å². The minimum Gasteiger partial charge on any atom is -0.472 e. The van der Waals surface area contributed by atoms with Crippen molar-refractivity contribution in [3.8, 4) is 5.88 Å². The van der Waals surface area contributed by atoms with Crippen molar-refractivity contribution in [3.05, 3.63) is 68.4 Å². The molecule has 2 rings (SSSR count). The summed E-state index contributed by atoms with van der Waals surface area (Å²) in [5.74, 6) is -4.76. The van der Waals surface area contributed by atoms with Crippen LogP contribution in [0.5, 0.6) is 5.88 Å². The van der Waals surface area contributed by atoms with Crippen LogP contribution in [0.2, 0.25) is 5.02 Å². The van der Waals surface area contributed by atoms with Crippen molar-refractivity contribution in [2.24, 2.45) is 0 Å². The van der Waals surface area contributed by atoms with Crippen molar-refractivity contribution >= 4 is 28.9 Å². The molecule has 8 nitrogen and oxygen atoms in total. The van der Waals surface area contributed by atoms with Crippen LogP contribution in [0.1, 0.15) is 15.9 Å². The molecule has 0 radical (unpaired) electrons. The van der Waals surface area contributed by atoms with E-state index in [1.165, 1.54) is 12.2 Å². The third-order valence-electron chi connectivity index (χ3n) is 3.66. The molecule has 166 valence electrons. The van der Waals surface area contributed by atoms with E-state index in [-0.39, 0.29) is 24.1 Å². The van der Waals surface area contributed by atoms with Crippen molar-refractivity contribution in [2.75, 3.05) is 18.9 Å². The van der Waals surface area contributed by atoms with Crippen molar-refractivity contribution < 1.29 is 36.4 Å². The third kappa shape index (κ3) is 5.78. The normalized spacial score (nSPS) is 11.5. The van der Waals surface area contributed by atoms with Crippen LogP contribution < -0.4 is 15.8 Å². The number of carbonyl (C=O) groups is 1. The second-order valence-corrected chi connectivity index (χ2v) is 6.15. The predicted octanol–water partition coefficient (Wildman–Crippen LogP) is 3.89. The summed E-state index contributed by atoms with van der Waals surface area (Å²) in [6.45, 7) is -0.403. The average Bonchev–Trinajstić information content (AvgIpc) is 2.68. The van der Waals surface area contributed by atoms with Gasteiger partial charge in [0, 0.05) is 18.8 Å². The van der Waals surface area contributed by atoms with Gasteiger partial charge in [0.2, 0.25) is 5.88 Å². The molecule has 14 heteroatoms. The lowest BCUT2D eigenvalue weighted by molar-refractivity contribution is -0.384. The molecule has 1 heterocycles. The first-order valence-corrected chi connectivity index (χ1v) is 8.51. The minimum absolute atomic E-state index is 0.190. The van der Waals surface area contributed by atoms with Crippen LogP contribution in [0.25, 0.3) is 0 Å². The summed E-state index contributed by atoms with van der Waals surface area (Å²) in [7, 11) is 0. The smallest absolute Gasteiger partial charge is 0.417 e. The molecule has 1 aromatic carbocycles. The molecule has 0 atom stereocenters. The number of anilines is 1. The Bertz CT molecular complexity index is 1050. The van der Waals surface area contributed by atoms with Crippen LogP contribution in [0.3, 0.4) is 0 Å². The van der Waals surface area contributed by atoms with Gasteiger partial charge in [-0.2, -0.15) is 13.2 Å². The first kappa shape index (κ1) is 23.8. The molecule has 31 heavy (non-hydrogen) atoms. The van der Waals surface area contributed by atoms with Gasteiger partial charge in [0.25, 0.3) is 11.6 Å². The maximum absolute atomic E-state index is 13.8. The second kappa shape index (κ2) is 9.55. The van der Waals surface area contributed by atoms with Gasteiger partial charge in [-0.25, -0.2) is 13.8 Å². The number of nitro groups is 1. The zero-order chi connectivity index (χ0) is 23.3. The molecule has 2 aromatic rings. The molecule has 0 aliphatic rings. The molecule has 0 spiro atoms. The van der Waals surface area contributed by atoms with Gasteiger partial charge in [-0.3, -0.25) is 14.9 Å². The van der Waals surface area contributed by atoms with Gasteiger partial charge in [0.15, 0.2) is 11.6 Å². The molecule has 0 saturated heterocycles. The fourth-order valence-electron chi connectivity index (χ4n) is 2.15. The van der Waals surface area contributed by atoms with Crippen LogP contribution in [0, 0.1) is 21.7 Å². The molecule has 0 saturated carbocycles. The molecule has 1 amide bonds. The Morgan fingerprint density at radius 3 is 2.55 bits per heavy atom. The molecule has 0 aliphatic carbocycles. The van der Waals surface area contributed by atoms with E-state index in [4.69, 9.17) is 22.1 Å². The van der Waals surface area contributed by atoms with Gasteiger partial charge >= 0.3 is 6.18 Å². The molecule has 0 unspecified atom stereocenters. The Morgan fingerprint density at radius 2 is 1.97 bits per heavy atom. The van der Waals surface area contributed by atoms with Gasteiger partial charge in [0.1, 0.15) is 17.3 Å². The van der Waals surface area contributed by atoms with Gasteiger partial charge in [-0.15, -0.1) is 0 Å². The Kier molecular flexibility index (Phi) is 7.33. The number of nitrogens with zero attached hydrogens (tertiary/aromatic N) is 2. The Morgan fingerprint density at radius 1 is 1.29 bits per heavy atom. The number of benzene rings is 1. The fraction of sp³-hybridized carbons (Fsp3) is 0.176. The lowest BCUT2D eigenvalue weighted by Crippen LogP contribution is -2.25. The monoisotopic (exact) mass is 466 g/mol. The summed E-state index contributed by atoms with van der Waals surface area (Å²) in [5.41, 5.74) is 1.15. The van der Waals surface area contributed by atoms with E-state index >= 15 is 0 Å². The van der Waals surface area contributed by atoms with E-state index in [0.29, 0.717) is 18.3 Å². The van der Waals surface area contributed by atoms with Gasteiger partial charge < -0.3 is 15.8 Å². The van der Waals surface area contributed by atoms with Crippen LogP contribution in [0.4, 0.5) is 33.3 Å². The summed E-state index contributed by atoms with van der Waals surface area (Å²) in [4.78, 5) is 25.2. The van der Waals surface area contributed by atoms with E-state index in [0.717, 1.165) is 0 Å². The van der Waals surface area contributed by atoms with E-state index < -0.39 is 51.1 Å². The number of pyridine rings is 1. The van der Waals surface area contributed by atoms with Gasteiger partial charge in [-0.1, -0.05) is 17.7 Å². The van der Waals surface area contributed by atoms with Crippen molar-refractivity contribution in [3.63, 3.8) is 0 Å². The second-order valence-electron chi connectivity index (χ2n) is 5.74. The summed E-state index contributed by atoms with van der Waals surface area (Å²) in [6, 6.07) is 1.15. The maximum Gasteiger partial charge on any atom is 0.417 e. The summed E-state index contributed by atoms with van der Waals surface area (Å²) in [5, 5.41) is 12.6. The first-order chi connectivity index (χ1) is 14.4.